The number of allylic oxidation sites excluding steroid dienone is 3. The molecule has 1 aromatic rings. The number of Topliss-reactive ketones (excluding diaryl/α,β-unsaturated/α-hetero) is 1. The average Bonchev–Trinajstić information content (AvgIpc) is 3.40. The van der Waals surface area contributed by atoms with Crippen LogP contribution in [0.3, 0.4) is 0 Å². The molecule has 1 aromatic carbocycles. The van der Waals surface area contributed by atoms with E-state index in [0.717, 1.165) is 29.7 Å². The molecule has 214 valence electrons. The topological polar surface area (TPSA) is 72.5 Å². The molecule has 7 nitrogen and oxygen atoms in total. The number of ether oxygens (including phenoxy) is 6. The van der Waals surface area contributed by atoms with Crippen LogP contribution < -0.4 is 4.74 Å². The van der Waals surface area contributed by atoms with Crippen molar-refractivity contribution in [2.45, 2.75) is 77.7 Å². The third-order valence-electron chi connectivity index (χ3n) is 8.66. The van der Waals surface area contributed by atoms with Crippen LogP contribution in [0.25, 0.3) is 0 Å². The zero-order chi connectivity index (χ0) is 28.4. The van der Waals surface area contributed by atoms with Crippen molar-refractivity contribution in [2.75, 3.05) is 27.6 Å². The van der Waals surface area contributed by atoms with E-state index in [4.69, 9.17) is 28.4 Å². The Morgan fingerprint density at radius 3 is 2.44 bits per heavy atom. The summed E-state index contributed by atoms with van der Waals surface area (Å²) in [5.74, 6) is -0.536. The predicted octanol–water partition coefficient (Wildman–Crippen LogP) is 5.79. The molecular formula is C32H44O7. The van der Waals surface area contributed by atoms with Gasteiger partial charge in [-0.3, -0.25) is 4.79 Å². The summed E-state index contributed by atoms with van der Waals surface area (Å²) in [5.41, 5.74) is 1.84. The van der Waals surface area contributed by atoms with Gasteiger partial charge in [-0.05, 0) is 55.4 Å². The maximum atomic E-state index is 14.2. The number of hydrogen-bond acceptors (Lipinski definition) is 7. The van der Waals surface area contributed by atoms with Crippen molar-refractivity contribution in [1.82, 2.24) is 0 Å². The Hall–Kier alpha value is -2.29. The number of carbonyl (C=O) groups excluding carboxylic acids is 1. The van der Waals surface area contributed by atoms with Crippen LogP contribution >= 0.6 is 0 Å². The number of ketones is 1. The van der Waals surface area contributed by atoms with Crippen LogP contribution in [0.1, 0.15) is 53.0 Å². The smallest absolute Gasteiger partial charge is 0.168 e. The Morgan fingerprint density at radius 2 is 1.85 bits per heavy atom. The highest BCUT2D eigenvalue weighted by Crippen LogP contribution is 2.52. The first-order chi connectivity index (χ1) is 18.5. The second kappa shape index (κ2) is 11.7. The Balaban J connectivity index is 1.76. The maximum absolute atomic E-state index is 14.2. The van der Waals surface area contributed by atoms with Crippen molar-refractivity contribution in [3.63, 3.8) is 0 Å². The minimum Gasteiger partial charge on any atom is -0.497 e. The highest BCUT2D eigenvalue weighted by molar-refractivity contribution is 5.89. The number of hydrogen-bond donors (Lipinski definition) is 0. The summed E-state index contributed by atoms with van der Waals surface area (Å²) in [7, 11) is 3.22. The Labute approximate surface area is 233 Å². The zero-order valence-electron chi connectivity index (χ0n) is 24.5. The molecule has 0 radical (unpaired) electrons. The first kappa shape index (κ1) is 29.7. The molecule has 2 aliphatic carbocycles. The van der Waals surface area contributed by atoms with Crippen molar-refractivity contribution in [2.24, 2.45) is 17.3 Å². The number of fused-ring (bicyclic) bond motifs is 2. The van der Waals surface area contributed by atoms with Gasteiger partial charge in [-0.15, -0.1) is 6.58 Å². The molecule has 1 heterocycles. The van der Waals surface area contributed by atoms with Gasteiger partial charge in [0.2, 0.25) is 0 Å². The molecule has 0 N–H and O–H groups in total. The highest BCUT2D eigenvalue weighted by atomic mass is 16.8. The normalized spacial score (nSPS) is 33.2. The largest absolute Gasteiger partial charge is 0.497 e. The van der Waals surface area contributed by atoms with Gasteiger partial charge in [0.15, 0.2) is 11.6 Å². The van der Waals surface area contributed by atoms with Crippen LogP contribution in [-0.2, 0) is 35.1 Å². The summed E-state index contributed by atoms with van der Waals surface area (Å²) in [6.07, 6.45) is 6.62. The molecule has 2 fully saturated rings. The van der Waals surface area contributed by atoms with Gasteiger partial charge in [0.05, 0.1) is 20.3 Å². The minimum absolute atomic E-state index is 0.0126. The molecule has 3 aliphatic rings. The maximum Gasteiger partial charge on any atom is 0.168 e. The monoisotopic (exact) mass is 540 g/mol. The van der Waals surface area contributed by atoms with E-state index in [1.807, 2.05) is 45.0 Å². The second-order valence-corrected chi connectivity index (χ2v) is 11.8. The van der Waals surface area contributed by atoms with Gasteiger partial charge >= 0.3 is 0 Å². The quantitative estimate of drug-likeness (QED) is 0.275. The third kappa shape index (κ3) is 5.79. The molecule has 1 aliphatic heterocycles. The number of rotatable bonds is 10. The Kier molecular flexibility index (Phi) is 8.89. The first-order valence-corrected chi connectivity index (χ1v) is 13.8. The summed E-state index contributed by atoms with van der Waals surface area (Å²) in [5, 5.41) is 0. The van der Waals surface area contributed by atoms with Crippen LogP contribution in [0.2, 0.25) is 0 Å². The highest BCUT2D eigenvalue weighted by Gasteiger charge is 2.56. The lowest BCUT2D eigenvalue weighted by molar-refractivity contribution is -0.178. The lowest BCUT2D eigenvalue weighted by Crippen LogP contribution is -2.52. The fraction of sp³-hybridized carbons (Fsp3) is 0.594. The molecule has 4 rings (SSSR count). The summed E-state index contributed by atoms with van der Waals surface area (Å²) in [6, 6.07) is 7.74. The van der Waals surface area contributed by atoms with Gasteiger partial charge in [-0.1, -0.05) is 56.7 Å². The molecule has 2 bridgehead atoms. The van der Waals surface area contributed by atoms with E-state index >= 15 is 0 Å². The molecule has 1 saturated heterocycles. The summed E-state index contributed by atoms with van der Waals surface area (Å²) < 4.78 is 36.0. The molecule has 0 amide bonds. The molecule has 0 unspecified atom stereocenters. The van der Waals surface area contributed by atoms with Gasteiger partial charge in [-0.2, -0.15) is 0 Å². The van der Waals surface area contributed by atoms with E-state index in [9.17, 15) is 4.79 Å². The van der Waals surface area contributed by atoms with E-state index < -0.39 is 29.5 Å². The van der Waals surface area contributed by atoms with Crippen LogP contribution in [-0.4, -0.2) is 57.0 Å². The first-order valence-electron chi connectivity index (χ1n) is 13.8. The van der Waals surface area contributed by atoms with Crippen molar-refractivity contribution in [3.05, 3.63) is 65.8 Å². The lowest BCUT2D eigenvalue weighted by atomic mass is 9.73. The van der Waals surface area contributed by atoms with Gasteiger partial charge in [0.25, 0.3) is 0 Å². The number of methoxy groups -OCH3 is 2. The molecule has 5 atom stereocenters. The molecular weight excluding hydrogens is 496 g/mol. The van der Waals surface area contributed by atoms with Gasteiger partial charge in [0.1, 0.15) is 30.4 Å². The van der Waals surface area contributed by atoms with Crippen molar-refractivity contribution < 1.29 is 33.2 Å². The average molecular weight is 541 g/mol. The SMILES string of the molecule is C=C[C@@H](OCc1ccc(OC)cc1)[C@]1(/C2=C/C=C3\CC[C@@H]([C@@H](OCOC)C(=O)[C@H]2C)C3(C)C)COC(C)(C)O1. The molecule has 39 heavy (non-hydrogen) atoms. The van der Waals surface area contributed by atoms with Crippen molar-refractivity contribution >= 4 is 5.78 Å². The van der Waals surface area contributed by atoms with Crippen LogP contribution in [0.4, 0.5) is 0 Å². The van der Waals surface area contributed by atoms with Crippen molar-refractivity contribution in [1.29, 1.82) is 0 Å². The van der Waals surface area contributed by atoms with Crippen LogP contribution in [0.5, 0.6) is 5.75 Å². The minimum atomic E-state index is -1.05. The van der Waals surface area contributed by atoms with E-state index in [1.54, 1.807) is 20.3 Å². The molecule has 1 saturated carbocycles. The van der Waals surface area contributed by atoms with Crippen LogP contribution in [0.15, 0.2) is 60.2 Å². The van der Waals surface area contributed by atoms with E-state index in [-0.39, 0.29) is 30.5 Å². The number of carbonyl (C=O) groups is 1. The summed E-state index contributed by atoms with van der Waals surface area (Å²) >= 11 is 0. The second-order valence-electron chi connectivity index (χ2n) is 11.8. The molecule has 7 heteroatoms. The lowest BCUT2D eigenvalue weighted by Gasteiger charge is -2.40. The Bertz CT molecular complexity index is 1100. The van der Waals surface area contributed by atoms with Crippen molar-refractivity contribution in [3.8, 4) is 5.75 Å². The molecule has 0 aromatic heterocycles. The van der Waals surface area contributed by atoms with E-state index in [1.165, 1.54) is 5.57 Å². The van der Waals surface area contributed by atoms with Crippen LogP contribution in [0, 0.1) is 17.3 Å². The fourth-order valence-electron chi connectivity index (χ4n) is 6.37. The fourth-order valence-corrected chi connectivity index (χ4v) is 6.37. The van der Waals surface area contributed by atoms with Gasteiger partial charge in [0, 0.05) is 18.9 Å². The van der Waals surface area contributed by atoms with Gasteiger partial charge in [-0.25, -0.2) is 0 Å². The Morgan fingerprint density at radius 1 is 1.13 bits per heavy atom. The third-order valence-corrected chi connectivity index (χ3v) is 8.66. The predicted molar refractivity (Wildman–Crippen MR) is 149 cm³/mol. The van der Waals surface area contributed by atoms with E-state index in [0.29, 0.717) is 6.61 Å². The summed E-state index contributed by atoms with van der Waals surface area (Å²) in [6.45, 7) is 14.8. The standard InChI is InChI=1S/C32H44O7/c1-9-27(36-18-22-10-14-24(35-8)15-11-22)32(19-38-31(5,6)39-32)25-16-12-23-13-17-26(30(23,3)4)29(37-20-34-7)28(33)21(25)2/h9-12,14-16,21,26-27,29H,1,13,17-20H2,2-8H3/b23-12+,25-16+/t21-,26-,27+,29+,32+/m0/s1. The zero-order valence-corrected chi connectivity index (χ0v) is 24.5. The molecule has 0 spiro atoms. The number of benzene rings is 1. The van der Waals surface area contributed by atoms with E-state index in [2.05, 4.69) is 32.6 Å². The summed E-state index contributed by atoms with van der Waals surface area (Å²) in [4.78, 5) is 14.2. The van der Waals surface area contributed by atoms with Gasteiger partial charge < -0.3 is 28.4 Å².